The van der Waals surface area contributed by atoms with Crippen molar-refractivity contribution in [2.45, 2.75) is 0 Å². The second-order valence-electron chi connectivity index (χ2n) is 0.192. The Balaban J connectivity index is -0.0000000160. The SMILES string of the molecule is [Mg+2].[Nd].[O]=[Al][O-].[O]=[Al][O-]. The Morgan fingerprint density at radius 2 is 1.00 bits per heavy atom. The van der Waals surface area contributed by atoms with E-state index in [2.05, 4.69) is 0 Å². The van der Waals surface area contributed by atoms with Gasteiger partial charge in [-0.1, -0.05) is 0 Å². The summed E-state index contributed by atoms with van der Waals surface area (Å²) in [5.41, 5.74) is 0. The normalized spacial score (nSPS) is 2.00. The molecular formula is Al2MgNdO4. The molecule has 0 atom stereocenters. The van der Waals surface area contributed by atoms with E-state index < -0.39 is 31.0 Å². The third-order valence-electron chi connectivity index (χ3n) is 0. The summed E-state index contributed by atoms with van der Waals surface area (Å²) in [6.07, 6.45) is 0. The van der Waals surface area contributed by atoms with Gasteiger partial charge in [-0.25, -0.2) is 0 Å². The number of hydrogen-bond acceptors (Lipinski definition) is 4. The maximum atomic E-state index is 8.46. The van der Waals surface area contributed by atoms with E-state index in [9.17, 15) is 0 Å². The Morgan fingerprint density at radius 1 is 1.00 bits per heavy atom. The van der Waals surface area contributed by atoms with Gasteiger partial charge in [-0.3, -0.25) is 0 Å². The summed E-state index contributed by atoms with van der Waals surface area (Å²) in [5.74, 6) is 0. The Kier molecular flexibility index (Phi) is 96.3. The predicted molar refractivity (Wildman–Crippen MR) is 18.6 cm³/mol. The van der Waals surface area contributed by atoms with Gasteiger partial charge in [0.15, 0.2) is 0 Å². The summed E-state index contributed by atoms with van der Waals surface area (Å²) in [5, 5.41) is 0. The van der Waals surface area contributed by atoms with Crippen molar-refractivity contribution < 1.29 is 56.8 Å². The van der Waals surface area contributed by atoms with E-state index in [-0.39, 0.29) is 63.9 Å². The molecule has 0 saturated heterocycles. The van der Waals surface area contributed by atoms with E-state index in [4.69, 9.17) is 15.9 Å². The van der Waals surface area contributed by atoms with Crippen molar-refractivity contribution in [3.05, 3.63) is 0 Å². The fraction of sp³-hybridized carbons (Fsp3) is 0. The molecule has 0 aliphatic heterocycles. The van der Waals surface area contributed by atoms with Crippen molar-refractivity contribution in [2.24, 2.45) is 0 Å². The second kappa shape index (κ2) is 34.3. The molecule has 0 aromatic heterocycles. The first-order valence-electron chi connectivity index (χ1n) is 0.943. The molecule has 0 unspecified atom stereocenters. The fourth-order valence-electron chi connectivity index (χ4n) is 0. The first-order valence-corrected chi connectivity index (χ1v) is 2.83. The zero-order valence-electron chi connectivity index (χ0n) is 3.99. The van der Waals surface area contributed by atoms with E-state index in [1.165, 1.54) is 0 Å². The fourth-order valence-corrected chi connectivity index (χ4v) is 0. The predicted octanol–water partition coefficient (Wildman–Crippen LogP) is -3.76. The van der Waals surface area contributed by atoms with Gasteiger partial charge in [-0.05, 0) is 0 Å². The molecule has 0 bridgehead atoms. The van der Waals surface area contributed by atoms with Crippen molar-refractivity contribution in [2.75, 3.05) is 0 Å². The molecular weight excluding hydrogens is 287 g/mol. The molecule has 0 rings (SSSR count). The van der Waals surface area contributed by atoms with E-state index in [0.717, 1.165) is 0 Å². The second-order valence-corrected chi connectivity index (χ2v) is 0.577. The molecule has 0 aromatic rings. The average Bonchev–Trinajstić information content (AvgIpc) is 1.39. The average molecular weight is 287 g/mol. The van der Waals surface area contributed by atoms with E-state index in [1.807, 2.05) is 0 Å². The van der Waals surface area contributed by atoms with Crippen LogP contribution in [-0.4, -0.2) is 54.0 Å². The van der Waals surface area contributed by atoms with Crippen molar-refractivity contribution in [3.8, 4) is 0 Å². The molecule has 8 heteroatoms. The number of rotatable bonds is 0. The molecule has 0 spiro atoms. The minimum absolute atomic E-state index is 0. The molecule has 36 valence electrons. The van der Waals surface area contributed by atoms with Crippen LogP contribution in [0.2, 0.25) is 0 Å². The Labute approximate surface area is 109 Å². The molecule has 0 aliphatic carbocycles. The van der Waals surface area contributed by atoms with Gasteiger partial charge in [0.25, 0.3) is 0 Å². The Morgan fingerprint density at radius 3 is 1.00 bits per heavy atom. The third-order valence-corrected chi connectivity index (χ3v) is 0. The standard InChI is InChI=1S/2Al.Mg.Nd.4O/q;;+2;;;;2*-1. The summed E-state index contributed by atoms with van der Waals surface area (Å²) in [6.45, 7) is 0. The van der Waals surface area contributed by atoms with Crippen molar-refractivity contribution in [1.29, 1.82) is 0 Å². The van der Waals surface area contributed by atoms with Crippen LogP contribution in [0.5, 0.6) is 0 Å². The van der Waals surface area contributed by atoms with Crippen LogP contribution in [0.4, 0.5) is 0 Å². The van der Waals surface area contributed by atoms with Crippen molar-refractivity contribution in [1.82, 2.24) is 0 Å². The van der Waals surface area contributed by atoms with Gasteiger partial charge in [0.2, 0.25) is 0 Å². The zero-order valence-corrected chi connectivity index (χ0v) is 10.9. The van der Waals surface area contributed by atoms with Gasteiger partial charge < -0.3 is 0 Å². The van der Waals surface area contributed by atoms with Crippen molar-refractivity contribution >= 4 is 54.0 Å². The van der Waals surface area contributed by atoms with Crippen LogP contribution in [-0.2, 0) is 7.61 Å². The molecule has 4 nitrogen and oxygen atoms in total. The third kappa shape index (κ3) is 80.5. The molecule has 0 N–H and O–H groups in total. The van der Waals surface area contributed by atoms with Crippen LogP contribution >= 0.6 is 0 Å². The molecule has 0 aliphatic rings. The number of hydrogen-bond donors (Lipinski definition) is 0. The van der Waals surface area contributed by atoms with Crippen LogP contribution in [0.3, 0.4) is 0 Å². The molecule has 0 heterocycles. The Hall–Kier alpha value is 2.38. The molecule has 8 heavy (non-hydrogen) atoms. The summed E-state index contributed by atoms with van der Waals surface area (Å²) in [6, 6.07) is 0. The first-order chi connectivity index (χ1) is 2.83. The van der Waals surface area contributed by atoms with Gasteiger partial charge in [-0.2, -0.15) is 0 Å². The van der Waals surface area contributed by atoms with Crippen LogP contribution in [0, 0.1) is 40.8 Å². The van der Waals surface area contributed by atoms with Crippen LogP contribution < -0.4 is 8.32 Å². The zero-order chi connectivity index (χ0) is 5.41. The maximum absolute atomic E-state index is 8.46. The minimum atomic E-state index is -1.75. The summed E-state index contributed by atoms with van der Waals surface area (Å²) in [4.78, 5) is 0. The van der Waals surface area contributed by atoms with Gasteiger partial charge >= 0.3 is 70.0 Å². The van der Waals surface area contributed by atoms with Crippen LogP contribution in [0.1, 0.15) is 0 Å². The van der Waals surface area contributed by atoms with Gasteiger partial charge in [0.1, 0.15) is 0 Å². The summed E-state index contributed by atoms with van der Waals surface area (Å²) >= 11 is -3.50. The molecule has 0 fully saturated rings. The Bertz CT molecular complexity index is 35.0. The van der Waals surface area contributed by atoms with Gasteiger partial charge in [0.05, 0.1) is 0 Å². The van der Waals surface area contributed by atoms with Crippen molar-refractivity contribution in [3.63, 3.8) is 0 Å². The molecule has 0 radical (unpaired) electrons. The summed E-state index contributed by atoms with van der Waals surface area (Å²) < 4.78 is 33.8. The van der Waals surface area contributed by atoms with E-state index in [1.54, 1.807) is 0 Å². The van der Waals surface area contributed by atoms with Gasteiger partial charge in [0, 0.05) is 40.8 Å². The topological polar surface area (TPSA) is 80.3 Å². The molecule has 0 saturated carbocycles. The first kappa shape index (κ1) is 22.4. The molecule has 0 aromatic carbocycles. The van der Waals surface area contributed by atoms with Crippen LogP contribution in [0.25, 0.3) is 0 Å². The quantitative estimate of drug-likeness (QED) is 0.428. The van der Waals surface area contributed by atoms with E-state index in [0.29, 0.717) is 0 Å². The summed E-state index contributed by atoms with van der Waals surface area (Å²) in [7, 11) is 0. The van der Waals surface area contributed by atoms with E-state index >= 15 is 0 Å². The monoisotopic (exact) mass is 284 g/mol. The molecule has 0 amide bonds. The van der Waals surface area contributed by atoms with Crippen LogP contribution in [0.15, 0.2) is 0 Å². The van der Waals surface area contributed by atoms with Gasteiger partial charge in [-0.15, -0.1) is 0 Å².